The summed E-state index contributed by atoms with van der Waals surface area (Å²) in [7, 11) is 1.56. The van der Waals surface area contributed by atoms with E-state index in [4.69, 9.17) is 9.47 Å². The number of amides is 2. The number of methoxy groups -OCH3 is 1. The summed E-state index contributed by atoms with van der Waals surface area (Å²) >= 11 is 0. The Morgan fingerprint density at radius 1 is 1.11 bits per heavy atom. The fraction of sp³-hybridized carbons (Fsp3) is 0.238. The Hall–Kier alpha value is -3.28. The molecule has 0 saturated carbocycles. The number of ether oxygens (including phenoxy) is 2. The molecule has 0 aliphatic carbocycles. The third kappa shape index (κ3) is 6.51. The van der Waals surface area contributed by atoms with E-state index in [-0.39, 0.29) is 18.4 Å². The summed E-state index contributed by atoms with van der Waals surface area (Å²) in [6, 6.07) is 12.8. The minimum absolute atomic E-state index is 0.120. The SMILES string of the molecule is C/C=C/c1ccc(OCC(=O)NCc2cccc(NC(C)=O)c2)c(OC)c1. The summed E-state index contributed by atoms with van der Waals surface area (Å²) in [5.74, 6) is 0.688. The van der Waals surface area contributed by atoms with Gasteiger partial charge in [0.25, 0.3) is 5.91 Å². The summed E-state index contributed by atoms with van der Waals surface area (Å²) in [6.45, 7) is 3.61. The highest BCUT2D eigenvalue weighted by Crippen LogP contribution is 2.28. The number of carbonyl (C=O) groups excluding carboxylic acids is 2. The lowest BCUT2D eigenvalue weighted by Crippen LogP contribution is -2.28. The first kappa shape index (κ1) is 20.0. The van der Waals surface area contributed by atoms with Crippen molar-refractivity contribution in [2.45, 2.75) is 20.4 Å². The van der Waals surface area contributed by atoms with Crippen molar-refractivity contribution in [2.24, 2.45) is 0 Å². The van der Waals surface area contributed by atoms with Crippen LogP contribution in [-0.2, 0) is 16.1 Å². The highest BCUT2D eigenvalue weighted by molar-refractivity contribution is 5.88. The number of anilines is 1. The predicted molar refractivity (Wildman–Crippen MR) is 106 cm³/mol. The van der Waals surface area contributed by atoms with Gasteiger partial charge in [0, 0.05) is 19.2 Å². The summed E-state index contributed by atoms with van der Waals surface area (Å²) in [4.78, 5) is 23.2. The third-order valence-corrected chi connectivity index (χ3v) is 3.64. The first-order valence-corrected chi connectivity index (χ1v) is 8.58. The molecule has 6 nitrogen and oxygen atoms in total. The van der Waals surface area contributed by atoms with Crippen molar-refractivity contribution in [1.82, 2.24) is 5.32 Å². The molecule has 142 valence electrons. The molecule has 0 aliphatic rings. The molecule has 0 unspecified atom stereocenters. The molecule has 2 aromatic rings. The topological polar surface area (TPSA) is 76.7 Å². The van der Waals surface area contributed by atoms with Crippen molar-refractivity contribution in [3.8, 4) is 11.5 Å². The van der Waals surface area contributed by atoms with Gasteiger partial charge in [0.15, 0.2) is 18.1 Å². The molecule has 2 N–H and O–H groups in total. The molecule has 0 fully saturated rings. The van der Waals surface area contributed by atoms with Crippen LogP contribution in [0.3, 0.4) is 0 Å². The summed E-state index contributed by atoms with van der Waals surface area (Å²) in [5, 5.41) is 5.50. The molecule has 0 saturated heterocycles. The minimum atomic E-state index is -0.250. The molecule has 2 rings (SSSR count). The highest BCUT2D eigenvalue weighted by Gasteiger charge is 2.08. The van der Waals surface area contributed by atoms with Gasteiger partial charge in [-0.25, -0.2) is 0 Å². The molecule has 0 spiro atoms. The molecule has 2 aromatic carbocycles. The first-order chi connectivity index (χ1) is 13.0. The number of benzene rings is 2. The van der Waals surface area contributed by atoms with Gasteiger partial charge in [-0.1, -0.05) is 30.4 Å². The van der Waals surface area contributed by atoms with Crippen LogP contribution in [0.4, 0.5) is 5.69 Å². The van der Waals surface area contributed by atoms with Crippen LogP contribution in [-0.4, -0.2) is 25.5 Å². The summed E-state index contributed by atoms with van der Waals surface area (Å²) in [5.41, 5.74) is 2.56. The maximum atomic E-state index is 12.1. The van der Waals surface area contributed by atoms with Crippen molar-refractivity contribution >= 4 is 23.6 Å². The zero-order valence-electron chi connectivity index (χ0n) is 15.7. The summed E-state index contributed by atoms with van der Waals surface area (Å²) < 4.78 is 10.9. The lowest BCUT2D eigenvalue weighted by Gasteiger charge is -2.12. The van der Waals surface area contributed by atoms with E-state index >= 15 is 0 Å². The number of nitrogens with one attached hydrogen (secondary N) is 2. The van der Waals surface area contributed by atoms with Crippen LogP contribution < -0.4 is 20.1 Å². The number of hydrogen-bond acceptors (Lipinski definition) is 4. The van der Waals surface area contributed by atoms with Gasteiger partial charge >= 0.3 is 0 Å². The molecule has 2 amide bonds. The van der Waals surface area contributed by atoms with E-state index in [0.29, 0.717) is 23.7 Å². The molecule has 0 atom stereocenters. The maximum Gasteiger partial charge on any atom is 0.258 e. The Labute approximate surface area is 159 Å². The highest BCUT2D eigenvalue weighted by atomic mass is 16.5. The largest absolute Gasteiger partial charge is 0.493 e. The van der Waals surface area contributed by atoms with Crippen LogP contribution in [0.25, 0.3) is 6.08 Å². The van der Waals surface area contributed by atoms with Crippen LogP contribution in [0.5, 0.6) is 11.5 Å². The quantitative estimate of drug-likeness (QED) is 0.749. The number of carbonyl (C=O) groups is 2. The van der Waals surface area contributed by atoms with Crippen LogP contribution in [0.1, 0.15) is 25.0 Å². The predicted octanol–water partition coefficient (Wildman–Crippen LogP) is 3.38. The first-order valence-electron chi connectivity index (χ1n) is 8.58. The van der Waals surface area contributed by atoms with Gasteiger partial charge in [-0.15, -0.1) is 0 Å². The number of allylic oxidation sites excluding steroid dienone is 1. The van der Waals surface area contributed by atoms with Crippen LogP contribution in [0.2, 0.25) is 0 Å². The Bertz CT molecular complexity index is 831. The molecular weight excluding hydrogens is 344 g/mol. The lowest BCUT2D eigenvalue weighted by molar-refractivity contribution is -0.123. The van der Waals surface area contributed by atoms with E-state index in [1.54, 1.807) is 19.2 Å². The molecule has 0 bridgehead atoms. The zero-order valence-corrected chi connectivity index (χ0v) is 15.7. The van der Waals surface area contributed by atoms with Gasteiger partial charge in [0.1, 0.15) is 0 Å². The lowest BCUT2D eigenvalue weighted by atomic mass is 10.2. The number of rotatable bonds is 8. The second-order valence-corrected chi connectivity index (χ2v) is 5.86. The van der Waals surface area contributed by atoms with Crippen molar-refractivity contribution < 1.29 is 19.1 Å². The van der Waals surface area contributed by atoms with Gasteiger partial charge < -0.3 is 20.1 Å². The van der Waals surface area contributed by atoms with E-state index in [0.717, 1.165) is 11.1 Å². The molecule has 6 heteroatoms. The van der Waals surface area contributed by atoms with Gasteiger partial charge in [-0.05, 0) is 42.3 Å². The molecule has 27 heavy (non-hydrogen) atoms. The van der Waals surface area contributed by atoms with Crippen LogP contribution in [0, 0.1) is 0 Å². The molecule has 0 radical (unpaired) electrons. The fourth-order valence-corrected chi connectivity index (χ4v) is 2.46. The van der Waals surface area contributed by atoms with E-state index in [1.165, 1.54) is 6.92 Å². The van der Waals surface area contributed by atoms with E-state index in [2.05, 4.69) is 10.6 Å². The second-order valence-electron chi connectivity index (χ2n) is 5.86. The van der Waals surface area contributed by atoms with E-state index in [9.17, 15) is 9.59 Å². The normalized spacial score (nSPS) is 10.5. The molecule has 0 heterocycles. The average Bonchev–Trinajstić information content (AvgIpc) is 2.65. The minimum Gasteiger partial charge on any atom is -0.493 e. The Morgan fingerprint density at radius 3 is 2.63 bits per heavy atom. The monoisotopic (exact) mass is 368 g/mol. The standard InChI is InChI=1S/C21H24N2O4/c1-4-6-16-9-10-19(20(12-16)26-3)27-14-21(25)22-13-17-7-5-8-18(11-17)23-15(2)24/h4-12H,13-14H2,1-3H3,(H,22,25)(H,23,24)/b6-4+. The van der Waals surface area contributed by atoms with Crippen molar-refractivity contribution in [3.05, 3.63) is 59.7 Å². The Kier molecular flexibility index (Phi) is 7.43. The summed E-state index contributed by atoms with van der Waals surface area (Å²) in [6.07, 6.45) is 3.89. The van der Waals surface area contributed by atoms with Gasteiger partial charge in [-0.3, -0.25) is 9.59 Å². The number of hydrogen-bond donors (Lipinski definition) is 2. The zero-order chi connectivity index (χ0) is 19.6. The van der Waals surface area contributed by atoms with Crippen molar-refractivity contribution in [2.75, 3.05) is 19.0 Å². The Morgan fingerprint density at radius 2 is 1.93 bits per heavy atom. The van der Waals surface area contributed by atoms with Gasteiger partial charge in [-0.2, -0.15) is 0 Å². The Balaban J connectivity index is 1.89. The average molecular weight is 368 g/mol. The van der Waals surface area contributed by atoms with E-state index < -0.39 is 0 Å². The van der Waals surface area contributed by atoms with Crippen molar-refractivity contribution in [3.63, 3.8) is 0 Å². The van der Waals surface area contributed by atoms with Gasteiger partial charge in [0.2, 0.25) is 5.91 Å². The van der Waals surface area contributed by atoms with E-state index in [1.807, 2.05) is 49.4 Å². The van der Waals surface area contributed by atoms with Crippen molar-refractivity contribution in [1.29, 1.82) is 0 Å². The molecule has 0 aromatic heterocycles. The third-order valence-electron chi connectivity index (χ3n) is 3.64. The van der Waals surface area contributed by atoms with Gasteiger partial charge in [0.05, 0.1) is 7.11 Å². The molecular formula is C21H24N2O4. The maximum absolute atomic E-state index is 12.1. The van der Waals surface area contributed by atoms with Crippen LogP contribution in [0.15, 0.2) is 48.5 Å². The second kappa shape index (κ2) is 10.0. The molecule has 0 aliphatic heterocycles. The van der Waals surface area contributed by atoms with Crippen LogP contribution >= 0.6 is 0 Å². The fourth-order valence-electron chi connectivity index (χ4n) is 2.46. The smallest absolute Gasteiger partial charge is 0.258 e.